The van der Waals surface area contributed by atoms with Gasteiger partial charge in [-0.1, -0.05) is 0 Å². The van der Waals surface area contributed by atoms with Gasteiger partial charge in [0.1, 0.15) is 0 Å². The molecule has 0 atom stereocenters. The number of aliphatic hydroxyl groups excluding tert-OH is 1. The summed E-state index contributed by atoms with van der Waals surface area (Å²) in [4.78, 5) is 26.9. The number of hydroxylamine groups is 2. The average Bonchev–Trinajstić information content (AvgIpc) is 2.48. The van der Waals surface area contributed by atoms with Gasteiger partial charge >= 0.3 is 0 Å². The first-order valence-corrected chi connectivity index (χ1v) is 4.43. The van der Waals surface area contributed by atoms with Crippen molar-refractivity contribution < 1.29 is 24.3 Å². The Balaban J connectivity index is 2.11. The molecule has 6 heteroatoms. The Morgan fingerprint density at radius 2 is 1.79 bits per heavy atom. The minimum atomic E-state index is -0.308. The molecule has 0 aromatic carbocycles. The van der Waals surface area contributed by atoms with E-state index in [1.54, 1.807) is 0 Å². The molecule has 1 N–H and O–H groups in total. The average molecular weight is 203 g/mol. The fourth-order valence-corrected chi connectivity index (χ4v) is 1.05. The second-order valence-electron chi connectivity index (χ2n) is 2.75. The highest BCUT2D eigenvalue weighted by Gasteiger charge is 2.29. The van der Waals surface area contributed by atoms with Crippen LogP contribution in [-0.2, 0) is 19.2 Å². The molecule has 1 saturated heterocycles. The van der Waals surface area contributed by atoms with Crippen molar-refractivity contribution in [2.24, 2.45) is 0 Å². The Bertz CT molecular complexity index is 202. The van der Waals surface area contributed by atoms with Crippen LogP contribution in [0.15, 0.2) is 0 Å². The largest absolute Gasteiger partial charge is 0.394 e. The smallest absolute Gasteiger partial charge is 0.253 e. The van der Waals surface area contributed by atoms with Crippen molar-refractivity contribution in [3.8, 4) is 0 Å². The molecule has 0 saturated carbocycles. The number of ether oxygens (including phenoxy) is 1. The van der Waals surface area contributed by atoms with Crippen LogP contribution in [0.3, 0.4) is 0 Å². The fraction of sp³-hybridized carbons (Fsp3) is 0.750. The van der Waals surface area contributed by atoms with Gasteiger partial charge in [-0.2, -0.15) is 5.06 Å². The number of hydrogen-bond donors (Lipinski definition) is 1. The summed E-state index contributed by atoms with van der Waals surface area (Å²) in [6.45, 7) is 0.557. The Labute approximate surface area is 81.3 Å². The van der Waals surface area contributed by atoms with Crippen molar-refractivity contribution in [1.29, 1.82) is 0 Å². The Morgan fingerprint density at radius 1 is 1.14 bits per heavy atom. The SMILES string of the molecule is O=C1CCC(=O)N1OCCOCCO. The zero-order chi connectivity index (χ0) is 10.4. The molecule has 2 amide bonds. The Kier molecular flexibility index (Phi) is 4.51. The van der Waals surface area contributed by atoms with Crippen molar-refractivity contribution in [3.63, 3.8) is 0 Å². The van der Waals surface area contributed by atoms with Gasteiger partial charge in [-0.15, -0.1) is 0 Å². The fourth-order valence-electron chi connectivity index (χ4n) is 1.05. The third kappa shape index (κ3) is 3.06. The first-order valence-electron chi connectivity index (χ1n) is 4.43. The molecule has 14 heavy (non-hydrogen) atoms. The molecule has 0 spiro atoms. The van der Waals surface area contributed by atoms with Gasteiger partial charge in [-0.3, -0.25) is 14.4 Å². The monoisotopic (exact) mass is 203 g/mol. The maximum atomic E-state index is 11.0. The third-order valence-corrected chi connectivity index (χ3v) is 1.69. The van der Waals surface area contributed by atoms with E-state index in [4.69, 9.17) is 14.7 Å². The predicted molar refractivity (Wildman–Crippen MR) is 44.9 cm³/mol. The van der Waals surface area contributed by atoms with E-state index in [0.717, 1.165) is 5.06 Å². The highest BCUT2D eigenvalue weighted by atomic mass is 16.7. The first kappa shape index (κ1) is 11.1. The summed E-state index contributed by atoms with van der Waals surface area (Å²) in [6, 6.07) is 0. The van der Waals surface area contributed by atoms with Gasteiger partial charge in [-0.25, -0.2) is 0 Å². The van der Waals surface area contributed by atoms with E-state index in [-0.39, 0.29) is 51.1 Å². The zero-order valence-corrected chi connectivity index (χ0v) is 7.77. The van der Waals surface area contributed by atoms with E-state index in [1.807, 2.05) is 0 Å². The molecular weight excluding hydrogens is 190 g/mol. The molecule has 0 aliphatic carbocycles. The molecule has 0 aromatic heterocycles. The summed E-state index contributed by atoms with van der Waals surface area (Å²) in [5.41, 5.74) is 0. The molecule has 0 radical (unpaired) electrons. The van der Waals surface area contributed by atoms with Crippen LogP contribution in [0.4, 0.5) is 0 Å². The Hall–Kier alpha value is -0.980. The number of hydrogen-bond acceptors (Lipinski definition) is 5. The lowest BCUT2D eigenvalue weighted by molar-refractivity contribution is -0.190. The molecule has 0 aromatic rings. The predicted octanol–water partition coefficient (Wildman–Crippen LogP) is -0.924. The normalized spacial score (nSPS) is 16.8. The maximum absolute atomic E-state index is 11.0. The summed E-state index contributed by atoms with van der Waals surface area (Å²) in [5.74, 6) is -0.616. The van der Waals surface area contributed by atoms with Gasteiger partial charge in [0.2, 0.25) is 0 Å². The van der Waals surface area contributed by atoms with Crippen molar-refractivity contribution in [2.75, 3.05) is 26.4 Å². The zero-order valence-electron chi connectivity index (χ0n) is 7.77. The molecule has 1 heterocycles. The molecule has 80 valence electrons. The lowest BCUT2D eigenvalue weighted by atomic mass is 10.4. The van der Waals surface area contributed by atoms with Gasteiger partial charge in [0.15, 0.2) is 0 Å². The summed E-state index contributed by atoms with van der Waals surface area (Å²) < 4.78 is 4.89. The van der Waals surface area contributed by atoms with E-state index in [9.17, 15) is 9.59 Å². The first-order chi connectivity index (χ1) is 6.75. The summed E-state index contributed by atoms with van der Waals surface area (Å²) >= 11 is 0. The molecule has 1 aliphatic heterocycles. The van der Waals surface area contributed by atoms with Crippen LogP contribution in [0, 0.1) is 0 Å². The van der Waals surface area contributed by atoms with Gasteiger partial charge in [-0.05, 0) is 0 Å². The van der Waals surface area contributed by atoms with Crippen LogP contribution in [0.2, 0.25) is 0 Å². The lowest BCUT2D eigenvalue weighted by Gasteiger charge is -2.12. The quantitative estimate of drug-likeness (QED) is 0.446. The van der Waals surface area contributed by atoms with Crippen molar-refractivity contribution >= 4 is 11.8 Å². The van der Waals surface area contributed by atoms with E-state index in [0.29, 0.717) is 0 Å². The third-order valence-electron chi connectivity index (χ3n) is 1.69. The van der Waals surface area contributed by atoms with Crippen molar-refractivity contribution in [1.82, 2.24) is 5.06 Å². The number of carbonyl (C=O) groups excluding carboxylic acids is 2. The molecule has 0 unspecified atom stereocenters. The standard InChI is InChI=1S/C8H13NO5/c10-3-4-13-5-6-14-9-7(11)1-2-8(9)12/h10H,1-6H2. The van der Waals surface area contributed by atoms with Crippen molar-refractivity contribution in [2.45, 2.75) is 12.8 Å². The van der Waals surface area contributed by atoms with Gasteiger partial charge in [0.25, 0.3) is 11.8 Å². The van der Waals surface area contributed by atoms with Crippen LogP contribution in [-0.4, -0.2) is 48.4 Å². The summed E-state index contributed by atoms with van der Waals surface area (Å²) in [5, 5.41) is 9.16. The highest BCUT2D eigenvalue weighted by molar-refractivity contribution is 6.00. The van der Waals surface area contributed by atoms with E-state index in [1.165, 1.54) is 0 Å². The highest BCUT2D eigenvalue weighted by Crippen LogP contribution is 2.11. The van der Waals surface area contributed by atoms with Crippen LogP contribution in [0.1, 0.15) is 12.8 Å². The second-order valence-corrected chi connectivity index (χ2v) is 2.75. The lowest BCUT2D eigenvalue weighted by Crippen LogP contribution is -2.30. The van der Waals surface area contributed by atoms with Crippen LogP contribution >= 0.6 is 0 Å². The topological polar surface area (TPSA) is 76.1 Å². The number of aliphatic hydroxyl groups is 1. The van der Waals surface area contributed by atoms with Crippen LogP contribution in [0.5, 0.6) is 0 Å². The minimum absolute atomic E-state index is 0.0540. The minimum Gasteiger partial charge on any atom is -0.394 e. The van der Waals surface area contributed by atoms with E-state index >= 15 is 0 Å². The van der Waals surface area contributed by atoms with Gasteiger partial charge in [0.05, 0.1) is 26.4 Å². The Morgan fingerprint density at radius 3 is 2.36 bits per heavy atom. The number of imide groups is 1. The molecular formula is C8H13NO5. The maximum Gasteiger partial charge on any atom is 0.253 e. The van der Waals surface area contributed by atoms with Gasteiger partial charge in [0, 0.05) is 12.8 Å². The van der Waals surface area contributed by atoms with Crippen molar-refractivity contribution in [3.05, 3.63) is 0 Å². The molecule has 1 fully saturated rings. The van der Waals surface area contributed by atoms with Crippen LogP contribution in [0.25, 0.3) is 0 Å². The van der Waals surface area contributed by atoms with Crippen LogP contribution < -0.4 is 0 Å². The molecule has 1 aliphatic rings. The number of nitrogens with zero attached hydrogens (tertiary/aromatic N) is 1. The second kappa shape index (κ2) is 5.69. The van der Waals surface area contributed by atoms with Gasteiger partial charge < -0.3 is 9.84 Å². The number of rotatable bonds is 6. The summed E-state index contributed by atoms with van der Waals surface area (Å²) in [7, 11) is 0. The number of amides is 2. The molecule has 1 rings (SSSR count). The molecule has 0 bridgehead atoms. The van der Waals surface area contributed by atoms with E-state index in [2.05, 4.69) is 0 Å². The molecule has 6 nitrogen and oxygen atoms in total. The summed E-state index contributed by atoms with van der Waals surface area (Å²) in [6.07, 6.45) is 0.437. The van der Waals surface area contributed by atoms with E-state index < -0.39 is 0 Å². The number of carbonyl (C=O) groups is 2.